The Kier molecular flexibility index (Phi) is 7.58. The van der Waals surface area contributed by atoms with Gasteiger partial charge in [0.2, 0.25) is 0 Å². The number of nitrogens with one attached hydrogen (secondary N) is 1. The number of carbonyl (C=O) groups excluding carboxylic acids is 2. The van der Waals surface area contributed by atoms with Gasteiger partial charge in [0, 0.05) is 28.7 Å². The lowest BCUT2D eigenvalue weighted by atomic mass is 10.1. The number of aromatic nitrogens is 1. The molecule has 0 saturated heterocycles. The molecule has 1 aliphatic carbocycles. The van der Waals surface area contributed by atoms with E-state index in [-0.39, 0.29) is 30.1 Å². The highest BCUT2D eigenvalue weighted by molar-refractivity contribution is 6.36. The second kappa shape index (κ2) is 10.6. The Morgan fingerprint density at radius 1 is 1.03 bits per heavy atom. The van der Waals surface area contributed by atoms with Crippen LogP contribution in [0.1, 0.15) is 57.9 Å². The molecule has 2 aromatic carbocycles. The van der Waals surface area contributed by atoms with E-state index in [1.165, 1.54) is 0 Å². The molecular formula is C24H22Cl3N3O3. The molecule has 0 unspecified atom stereocenters. The van der Waals surface area contributed by atoms with Crippen LogP contribution in [-0.2, 0) is 13.1 Å². The molecule has 4 rings (SSSR count). The fraction of sp³-hybridized carbons (Fsp3) is 0.292. The Labute approximate surface area is 206 Å². The third-order valence-electron chi connectivity index (χ3n) is 5.65. The minimum atomic E-state index is -0.371. The average molecular weight is 507 g/mol. The quantitative estimate of drug-likeness (QED) is 0.417. The third kappa shape index (κ3) is 5.88. The molecule has 1 aromatic heterocycles. The number of rotatable bonds is 7. The molecule has 1 heterocycles. The summed E-state index contributed by atoms with van der Waals surface area (Å²) in [5.41, 5.74) is 1.40. The van der Waals surface area contributed by atoms with Crippen LogP contribution in [0, 0.1) is 0 Å². The van der Waals surface area contributed by atoms with Crippen molar-refractivity contribution in [2.24, 2.45) is 0 Å². The molecule has 0 radical (unpaired) electrons. The predicted molar refractivity (Wildman–Crippen MR) is 128 cm³/mol. The van der Waals surface area contributed by atoms with Gasteiger partial charge < -0.3 is 14.7 Å². The molecule has 1 N–H and O–H groups in total. The molecular weight excluding hydrogens is 485 g/mol. The Hall–Kier alpha value is -2.54. The number of carbonyl (C=O) groups is 2. The van der Waals surface area contributed by atoms with Crippen molar-refractivity contribution in [3.8, 4) is 0 Å². The second-order valence-corrected chi connectivity index (χ2v) is 9.27. The molecule has 1 saturated carbocycles. The van der Waals surface area contributed by atoms with E-state index in [1.54, 1.807) is 41.3 Å². The monoisotopic (exact) mass is 505 g/mol. The summed E-state index contributed by atoms with van der Waals surface area (Å²) in [6.07, 6.45) is 3.91. The zero-order valence-corrected chi connectivity index (χ0v) is 20.0. The largest absolute Gasteiger partial charge is 0.359 e. The van der Waals surface area contributed by atoms with E-state index in [4.69, 9.17) is 39.3 Å². The Morgan fingerprint density at radius 3 is 2.52 bits per heavy atom. The van der Waals surface area contributed by atoms with Gasteiger partial charge in [-0.3, -0.25) is 9.59 Å². The summed E-state index contributed by atoms with van der Waals surface area (Å²) in [6, 6.07) is 13.7. The predicted octanol–water partition coefficient (Wildman–Crippen LogP) is 6.15. The van der Waals surface area contributed by atoms with E-state index in [1.807, 2.05) is 12.1 Å². The van der Waals surface area contributed by atoms with Crippen LogP contribution in [0.15, 0.2) is 53.1 Å². The molecule has 0 atom stereocenters. The van der Waals surface area contributed by atoms with Crippen LogP contribution in [0.5, 0.6) is 0 Å². The first-order valence-electron chi connectivity index (χ1n) is 10.6. The molecule has 3 aromatic rings. The van der Waals surface area contributed by atoms with Crippen LogP contribution >= 0.6 is 34.8 Å². The van der Waals surface area contributed by atoms with Gasteiger partial charge in [-0.25, -0.2) is 0 Å². The van der Waals surface area contributed by atoms with E-state index in [0.717, 1.165) is 31.2 Å². The Balaban J connectivity index is 1.47. The molecule has 9 heteroatoms. The van der Waals surface area contributed by atoms with Gasteiger partial charge in [-0.1, -0.05) is 64.9 Å². The highest BCUT2D eigenvalue weighted by Crippen LogP contribution is 2.29. The molecule has 1 fully saturated rings. The van der Waals surface area contributed by atoms with Crippen LogP contribution in [0.3, 0.4) is 0 Å². The van der Waals surface area contributed by atoms with Crippen molar-refractivity contribution >= 4 is 46.6 Å². The first kappa shape index (κ1) is 23.6. The van der Waals surface area contributed by atoms with Crippen molar-refractivity contribution < 1.29 is 14.1 Å². The number of nitrogens with zero attached hydrogens (tertiary/aromatic N) is 2. The fourth-order valence-electron chi connectivity index (χ4n) is 3.98. The standard InChI is InChI=1S/C24H22Cl3N3O3/c25-16-5-3-4-15(10-16)13-28-23(31)22-12-19(33-29-22)14-30(18-6-1-2-7-18)24(32)20-9-8-17(26)11-21(20)27/h3-5,8-12,18H,1-2,6-7,13-14H2,(H,28,31). The summed E-state index contributed by atoms with van der Waals surface area (Å²) in [5, 5.41) is 8.05. The summed E-state index contributed by atoms with van der Waals surface area (Å²) < 4.78 is 5.40. The summed E-state index contributed by atoms with van der Waals surface area (Å²) in [5.74, 6) is -0.148. The Bertz CT molecular complexity index is 1160. The van der Waals surface area contributed by atoms with E-state index in [9.17, 15) is 9.59 Å². The minimum Gasteiger partial charge on any atom is -0.359 e. The van der Waals surface area contributed by atoms with Crippen molar-refractivity contribution in [3.05, 3.63) is 86.2 Å². The van der Waals surface area contributed by atoms with Crippen molar-refractivity contribution in [2.45, 2.75) is 44.8 Å². The summed E-state index contributed by atoms with van der Waals surface area (Å²) >= 11 is 18.3. The highest BCUT2D eigenvalue weighted by atomic mass is 35.5. The zero-order chi connectivity index (χ0) is 23.4. The Morgan fingerprint density at radius 2 is 1.79 bits per heavy atom. The van der Waals surface area contributed by atoms with Gasteiger partial charge in [0.1, 0.15) is 0 Å². The van der Waals surface area contributed by atoms with Crippen LogP contribution in [-0.4, -0.2) is 27.9 Å². The lowest BCUT2D eigenvalue weighted by Gasteiger charge is -2.28. The van der Waals surface area contributed by atoms with Crippen LogP contribution < -0.4 is 5.32 Å². The lowest BCUT2D eigenvalue weighted by molar-refractivity contribution is 0.0643. The first-order valence-corrected chi connectivity index (χ1v) is 11.8. The maximum atomic E-state index is 13.3. The number of amides is 2. The third-order valence-corrected chi connectivity index (χ3v) is 6.43. The lowest BCUT2D eigenvalue weighted by Crippen LogP contribution is -2.38. The van der Waals surface area contributed by atoms with Gasteiger partial charge in [0.15, 0.2) is 11.5 Å². The SMILES string of the molecule is O=C(NCc1cccc(Cl)c1)c1cc(CN(C(=O)c2ccc(Cl)cc2Cl)C2CCCC2)on1. The van der Waals surface area contributed by atoms with Crippen molar-refractivity contribution in [1.82, 2.24) is 15.4 Å². The number of halogens is 3. The maximum absolute atomic E-state index is 13.3. The number of hydrogen-bond acceptors (Lipinski definition) is 4. The fourth-order valence-corrected chi connectivity index (χ4v) is 4.68. The average Bonchev–Trinajstić information content (AvgIpc) is 3.48. The van der Waals surface area contributed by atoms with Crippen LogP contribution in [0.2, 0.25) is 15.1 Å². The highest BCUT2D eigenvalue weighted by Gasteiger charge is 2.30. The zero-order valence-electron chi connectivity index (χ0n) is 17.7. The summed E-state index contributed by atoms with van der Waals surface area (Å²) in [4.78, 5) is 27.6. The van der Waals surface area contributed by atoms with Gasteiger partial charge in [0.25, 0.3) is 11.8 Å². The van der Waals surface area contributed by atoms with Gasteiger partial charge in [0.05, 0.1) is 17.1 Å². The second-order valence-electron chi connectivity index (χ2n) is 7.99. The number of hydrogen-bond donors (Lipinski definition) is 1. The number of benzene rings is 2. The molecule has 6 nitrogen and oxygen atoms in total. The van der Waals surface area contributed by atoms with E-state index in [0.29, 0.717) is 32.9 Å². The minimum absolute atomic E-state index is 0.0643. The smallest absolute Gasteiger partial charge is 0.273 e. The van der Waals surface area contributed by atoms with Gasteiger partial charge >= 0.3 is 0 Å². The molecule has 172 valence electrons. The first-order chi connectivity index (χ1) is 15.9. The van der Waals surface area contributed by atoms with Crippen LogP contribution in [0.25, 0.3) is 0 Å². The molecule has 2 amide bonds. The van der Waals surface area contributed by atoms with E-state index in [2.05, 4.69) is 10.5 Å². The van der Waals surface area contributed by atoms with Gasteiger partial charge in [-0.05, 0) is 48.7 Å². The van der Waals surface area contributed by atoms with E-state index >= 15 is 0 Å². The van der Waals surface area contributed by atoms with Crippen LogP contribution in [0.4, 0.5) is 0 Å². The summed E-state index contributed by atoms with van der Waals surface area (Å²) in [7, 11) is 0. The maximum Gasteiger partial charge on any atom is 0.273 e. The van der Waals surface area contributed by atoms with Gasteiger partial charge in [-0.15, -0.1) is 0 Å². The van der Waals surface area contributed by atoms with Crippen molar-refractivity contribution in [1.29, 1.82) is 0 Å². The van der Waals surface area contributed by atoms with E-state index < -0.39 is 0 Å². The molecule has 1 aliphatic rings. The van der Waals surface area contributed by atoms with Crippen molar-refractivity contribution in [2.75, 3.05) is 0 Å². The molecule has 0 bridgehead atoms. The molecule has 0 aliphatic heterocycles. The topological polar surface area (TPSA) is 75.4 Å². The summed E-state index contributed by atoms with van der Waals surface area (Å²) in [6.45, 7) is 0.500. The van der Waals surface area contributed by atoms with Crippen molar-refractivity contribution in [3.63, 3.8) is 0 Å². The molecule has 33 heavy (non-hydrogen) atoms. The van der Waals surface area contributed by atoms with Gasteiger partial charge in [-0.2, -0.15) is 0 Å². The molecule has 0 spiro atoms. The normalized spacial score (nSPS) is 13.8.